The molecule has 0 spiro atoms. The number of aromatic nitrogens is 2. The van der Waals surface area contributed by atoms with Gasteiger partial charge in [-0.1, -0.05) is 6.07 Å². The number of nitrogens with zero attached hydrogens (tertiary/aromatic N) is 3. The number of benzene rings is 1. The lowest BCUT2D eigenvalue weighted by Crippen LogP contribution is -2.41. The molecule has 0 radical (unpaired) electrons. The van der Waals surface area contributed by atoms with Gasteiger partial charge in [0.2, 0.25) is 11.6 Å². The number of ether oxygens (including phenoxy) is 1. The minimum Gasteiger partial charge on any atom is -0.495 e. The third-order valence-electron chi connectivity index (χ3n) is 5.83. The first-order valence-corrected chi connectivity index (χ1v) is 10.3. The van der Waals surface area contributed by atoms with E-state index in [4.69, 9.17) is 14.1 Å². The molecule has 158 valence electrons. The summed E-state index contributed by atoms with van der Waals surface area (Å²) in [6, 6.07) is 5.78. The van der Waals surface area contributed by atoms with Crippen molar-refractivity contribution < 1.29 is 13.9 Å². The molecule has 4 rings (SSSR count). The van der Waals surface area contributed by atoms with Crippen LogP contribution in [-0.4, -0.2) is 36.1 Å². The summed E-state index contributed by atoms with van der Waals surface area (Å²) < 4.78 is 11.2. The predicted octanol–water partition coefficient (Wildman–Crippen LogP) is 4.32. The lowest BCUT2D eigenvalue weighted by molar-refractivity contribution is -0.120. The molecule has 7 nitrogen and oxygen atoms in total. The first-order chi connectivity index (χ1) is 14.4. The first kappa shape index (κ1) is 20.2. The van der Waals surface area contributed by atoms with Crippen molar-refractivity contribution in [3.05, 3.63) is 40.9 Å². The molecular weight excluding hydrogens is 380 g/mol. The monoisotopic (exact) mass is 408 g/mol. The molecule has 7 heteroatoms. The summed E-state index contributed by atoms with van der Waals surface area (Å²) in [5, 5.41) is 4.01. The van der Waals surface area contributed by atoms with Crippen LogP contribution in [-0.2, 0) is 4.79 Å². The van der Waals surface area contributed by atoms with Crippen LogP contribution >= 0.6 is 0 Å². The SMILES string of the molecule is COc1ccc(C)cc1NC(=O)C1CCCN(c2nc(C)nc3oc(C)c(C)c23)C1. The van der Waals surface area contributed by atoms with E-state index in [0.29, 0.717) is 29.5 Å². The summed E-state index contributed by atoms with van der Waals surface area (Å²) in [7, 11) is 1.61. The lowest BCUT2D eigenvalue weighted by atomic mass is 9.96. The van der Waals surface area contributed by atoms with Gasteiger partial charge in [0.1, 0.15) is 23.2 Å². The molecule has 1 aliphatic rings. The molecular formula is C23H28N4O3. The minimum atomic E-state index is -0.136. The zero-order valence-corrected chi connectivity index (χ0v) is 18.2. The van der Waals surface area contributed by atoms with Gasteiger partial charge < -0.3 is 19.4 Å². The van der Waals surface area contributed by atoms with Crippen molar-refractivity contribution in [2.75, 3.05) is 30.4 Å². The molecule has 1 amide bonds. The Morgan fingerprint density at radius 1 is 1.23 bits per heavy atom. The molecule has 1 saturated heterocycles. The van der Waals surface area contributed by atoms with Crippen LogP contribution in [0, 0.1) is 33.6 Å². The molecule has 0 saturated carbocycles. The summed E-state index contributed by atoms with van der Waals surface area (Å²) in [5.74, 6) is 2.91. The van der Waals surface area contributed by atoms with Crippen LogP contribution in [0.4, 0.5) is 11.5 Å². The fraction of sp³-hybridized carbons (Fsp3) is 0.435. The summed E-state index contributed by atoms with van der Waals surface area (Å²) in [4.78, 5) is 24.4. The van der Waals surface area contributed by atoms with Crippen molar-refractivity contribution in [2.24, 2.45) is 5.92 Å². The number of anilines is 2. The lowest BCUT2D eigenvalue weighted by Gasteiger charge is -2.33. The first-order valence-electron chi connectivity index (χ1n) is 10.3. The second-order valence-corrected chi connectivity index (χ2v) is 8.04. The highest BCUT2D eigenvalue weighted by Crippen LogP contribution is 2.34. The van der Waals surface area contributed by atoms with Crippen LogP contribution in [0.2, 0.25) is 0 Å². The predicted molar refractivity (Wildman–Crippen MR) is 117 cm³/mol. The molecule has 30 heavy (non-hydrogen) atoms. The molecule has 1 aromatic carbocycles. The maximum atomic E-state index is 13.1. The van der Waals surface area contributed by atoms with E-state index in [1.807, 2.05) is 45.9 Å². The van der Waals surface area contributed by atoms with Crippen molar-refractivity contribution in [3.63, 3.8) is 0 Å². The van der Waals surface area contributed by atoms with E-state index in [0.717, 1.165) is 47.5 Å². The average Bonchev–Trinajstić information content (AvgIpc) is 3.01. The number of amides is 1. The van der Waals surface area contributed by atoms with Gasteiger partial charge in [-0.25, -0.2) is 4.98 Å². The van der Waals surface area contributed by atoms with Gasteiger partial charge >= 0.3 is 0 Å². The van der Waals surface area contributed by atoms with Crippen molar-refractivity contribution in [3.8, 4) is 5.75 Å². The smallest absolute Gasteiger partial charge is 0.231 e. The number of carbonyl (C=O) groups is 1. The highest BCUT2D eigenvalue weighted by molar-refractivity contribution is 5.95. The van der Waals surface area contributed by atoms with Crippen molar-refractivity contribution in [1.82, 2.24) is 9.97 Å². The molecule has 2 aromatic heterocycles. The number of hydrogen-bond acceptors (Lipinski definition) is 6. The van der Waals surface area contributed by atoms with Crippen LogP contribution in [0.15, 0.2) is 22.6 Å². The Morgan fingerprint density at radius 2 is 2.03 bits per heavy atom. The molecule has 3 aromatic rings. The summed E-state index contributed by atoms with van der Waals surface area (Å²) in [6.07, 6.45) is 1.76. The number of rotatable bonds is 4. The van der Waals surface area contributed by atoms with Gasteiger partial charge in [0, 0.05) is 18.7 Å². The Balaban J connectivity index is 1.59. The van der Waals surface area contributed by atoms with E-state index in [1.165, 1.54) is 0 Å². The van der Waals surface area contributed by atoms with E-state index in [9.17, 15) is 4.79 Å². The maximum Gasteiger partial charge on any atom is 0.231 e. The number of carbonyl (C=O) groups excluding carboxylic acids is 1. The average molecular weight is 409 g/mol. The highest BCUT2D eigenvalue weighted by atomic mass is 16.5. The number of furan rings is 1. The van der Waals surface area contributed by atoms with E-state index in [1.54, 1.807) is 7.11 Å². The molecule has 1 N–H and O–H groups in total. The Labute approximate surface area is 176 Å². The fourth-order valence-electron chi connectivity index (χ4n) is 4.10. The van der Waals surface area contributed by atoms with Crippen LogP contribution in [0.3, 0.4) is 0 Å². The largest absolute Gasteiger partial charge is 0.495 e. The van der Waals surface area contributed by atoms with E-state index >= 15 is 0 Å². The molecule has 0 bridgehead atoms. The third-order valence-corrected chi connectivity index (χ3v) is 5.83. The number of nitrogens with one attached hydrogen (secondary N) is 1. The van der Waals surface area contributed by atoms with Gasteiger partial charge in [0.15, 0.2) is 0 Å². The van der Waals surface area contributed by atoms with Crippen molar-refractivity contribution >= 4 is 28.5 Å². The van der Waals surface area contributed by atoms with Gasteiger partial charge in [0.05, 0.1) is 24.1 Å². The van der Waals surface area contributed by atoms with Crippen LogP contribution in [0.5, 0.6) is 5.75 Å². The van der Waals surface area contributed by atoms with Crippen LogP contribution < -0.4 is 15.0 Å². The van der Waals surface area contributed by atoms with Gasteiger partial charge in [-0.3, -0.25) is 4.79 Å². The standard InChI is InChI=1S/C23H28N4O3/c1-13-8-9-19(29-5)18(11-13)26-22(28)17-7-6-10-27(12-17)21-20-14(2)15(3)30-23(20)25-16(4)24-21/h8-9,11,17H,6-7,10,12H2,1-5H3,(H,26,28). The van der Waals surface area contributed by atoms with Crippen LogP contribution in [0.25, 0.3) is 11.1 Å². The number of piperidine rings is 1. The second kappa shape index (κ2) is 7.97. The van der Waals surface area contributed by atoms with E-state index in [-0.39, 0.29) is 11.8 Å². The van der Waals surface area contributed by atoms with Gasteiger partial charge in [0.25, 0.3) is 0 Å². The van der Waals surface area contributed by atoms with Crippen LogP contribution in [0.1, 0.15) is 35.6 Å². The normalized spacial score (nSPS) is 16.7. The number of fused-ring (bicyclic) bond motifs is 1. The summed E-state index contributed by atoms with van der Waals surface area (Å²) in [6.45, 7) is 9.30. The molecule has 0 aliphatic carbocycles. The topological polar surface area (TPSA) is 80.5 Å². The third kappa shape index (κ3) is 3.72. The molecule has 1 fully saturated rings. The molecule has 3 heterocycles. The van der Waals surface area contributed by atoms with Gasteiger partial charge in [-0.15, -0.1) is 0 Å². The summed E-state index contributed by atoms with van der Waals surface area (Å²) >= 11 is 0. The Hall–Kier alpha value is -3.09. The highest BCUT2D eigenvalue weighted by Gasteiger charge is 2.29. The van der Waals surface area contributed by atoms with Gasteiger partial charge in [-0.2, -0.15) is 4.98 Å². The minimum absolute atomic E-state index is 0.00529. The van der Waals surface area contributed by atoms with Gasteiger partial charge in [-0.05, 0) is 58.2 Å². The second-order valence-electron chi connectivity index (χ2n) is 8.04. The Kier molecular flexibility index (Phi) is 5.37. The number of aryl methyl sites for hydroxylation is 4. The fourth-order valence-corrected chi connectivity index (χ4v) is 4.10. The molecule has 1 atom stereocenters. The zero-order valence-electron chi connectivity index (χ0n) is 18.2. The van der Waals surface area contributed by atoms with E-state index < -0.39 is 0 Å². The number of methoxy groups -OCH3 is 1. The number of hydrogen-bond donors (Lipinski definition) is 1. The Morgan fingerprint density at radius 3 is 2.80 bits per heavy atom. The van der Waals surface area contributed by atoms with Crippen molar-refractivity contribution in [1.29, 1.82) is 0 Å². The zero-order chi connectivity index (χ0) is 21.4. The van der Waals surface area contributed by atoms with Crippen molar-refractivity contribution in [2.45, 2.75) is 40.5 Å². The molecule has 1 aliphatic heterocycles. The maximum absolute atomic E-state index is 13.1. The van der Waals surface area contributed by atoms with E-state index in [2.05, 4.69) is 15.2 Å². The molecule has 1 unspecified atom stereocenters. The quantitative estimate of drug-likeness (QED) is 0.692. The summed E-state index contributed by atoms with van der Waals surface area (Å²) in [5.41, 5.74) is 3.45. The Bertz CT molecular complexity index is 1110.